The molecule has 1 N–H and O–H groups in total. The monoisotopic (exact) mass is 331 g/mol. The van der Waals surface area contributed by atoms with E-state index in [2.05, 4.69) is 40.3 Å². The number of rotatable bonds is 10. The number of hydrogen-bond acceptors (Lipinski definition) is 4. The van der Waals surface area contributed by atoms with Crippen molar-refractivity contribution in [1.29, 1.82) is 0 Å². The highest BCUT2D eigenvalue weighted by Crippen LogP contribution is 2.22. The van der Waals surface area contributed by atoms with E-state index in [0.29, 0.717) is 33.0 Å². The van der Waals surface area contributed by atoms with E-state index in [9.17, 15) is 0 Å². The Hall–Kier alpha value is -0.620. The van der Waals surface area contributed by atoms with Gasteiger partial charge in [0.25, 0.3) is 0 Å². The highest BCUT2D eigenvalue weighted by Gasteiger charge is 1.98. The lowest BCUT2D eigenvalue weighted by Crippen LogP contribution is -2.13. The second-order valence-electron chi connectivity index (χ2n) is 4.13. The Labute approximate surface area is 123 Å². The quantitative estimate of drug-likeness (QED) is 0.669. The third-order valence-corrected chi connectivity index (χ3v) is 3.18. The molecule has 0 aliphatic rings. The van der Waals surface area contributed by atoms with Gasteiger partial charge in [-0.3, -0.25) is 0 Å². The Morgan fingerprint density at radius 3 is 2.47 bits per heavy atom. The lowest BCUT2D eigenvalue weighted by molar-refractivity contribution is 0.0272. The van der Waals surface area contributed by atoms with Crippen LogP contribution >= 0.6 is 15.9 Å². The first-order chi connectivity index (χ1) is 9.24. The molecule has 0 unspecified atom stereocenters. The summed E-state index contributed by atoms with van der Waals surface area (Å²) >= 11 is 3.51. The fourth-order valence-corrected chi connectivity index (χ4v) is 1.88. The minimum absolute atomic E-state index is 0.609. The number of aryl methyl sites for hydroxylation is 1. The highest BCUT2D eigenvalue weighted by atomic mass is 79.9. The Bertz CT molecular complexity index is 361. The molecule has 0 amide bonds. The van der Waals surface area contributed by atoms with Gasteiger partial charge in [-0.25, -0.2) is 0 Å². The number of nitrogens with one attached hydrogen (secondary N) is 1. The summed E-state index contributed by atoms with van der Waals surface area (Å²) < 4.78 is 16.7. The van der Waals surface area contributed by atoms with Crippen molar-refractivity contribution in [3.8, 4) is 0 Å². The van der Waals surface area contributed by atoms with E-state index in [0.717, 1.165) is 16.7 Å². The molecule has 0 aliphatic heterocycles. The minimum atomic E-state index is 0.609. The summed E-state index contributed by atoms with van der Waals surface area (Å²) in [5.74, 6) is 0. The van der Waals surface area contributed by atoms with Crippen LogP contribution in [-0.4, -0.2) is 46.7 Å². The number of hydrogen-bond donors (Lipinski definition) is 1. The summed E-state index contributed by atoms with van der Waals surface area (Å²) in [4.78, 5) is 0. The molecule has 1 aromatic carbocycles. The standard InChI is InChI=1S/C14H22BrNO3/c1-12-3-4-13(15)14(11-12)16-5-6-18-9-10-19-8-7-17-2/h3-4,11,16H,5-10H2,1-2H3. The Kier molecular flexibility index (Phi) is 8.82. The number of methoxy groups -OCH3 is 1. The summed E-state index contributed by atoms with van der Waals surface area (Å²) in [6, 6.07) is 6.23. The van der Waals surface area contributed by atoms with E-state index >= 15 is 0 Å². The first kappa shape index (κ1) is 16.4. The van der Waals surface area contributed by atoms with Crippen molar-refractivity contribution in [2.45, 2.75) is 6.92 Å². The van der Waals surface area contributed by atoms with Crippen molar-refractivity contribution in [2.75, 3.05) is 52.0 Å². The molecule has 0 atom stereocenters. The highest BCUT2D eigenvalue weighted by molar-refractivity contribution is 9.10. The first-order valence-corrected chi connectivity index (χ1v) is 7.18. The van der Waals surface area contributed by atoms with Crippen LogP contribution in [0.4, 0.5) is 5.69 Å². The Morgan fingerprint density at radius 2 is 1.74 bits per heavy atom. The fraction of sp³-hybridized carbons (Fsp3) is 0.571. The van der Waals surface area contributed by atoms with Crippen LogP contribution in [0.2, 0.25) is 0 Å². The summed E-state index contributed by atoms with van der Waals surface area (Å²) in [6.45, 7) is 5.98. The number of anilines is 1. The number of halogens is 1. The second-order valence-corrected chi connectivity index (χ2v) is 4.98. The van der Waals surface area contributed by atoms with Gasteiger partial charge in [0.05, 0.1) is 33.0 Å². The van der Waals surface area contributed by atoms with Gasteiger partial charge in [-0.05, 0) is 40.5 Å². The van der Waals surface area contributed by atoms with Gasteiger partial charge in [-0.2, -0.15) is 0 Å². The van der Waals surface area contributed by atoms with Crippen LogP contribution in [-0.2, 0) is 14.2 Å². The first-order valence-electron chi connectivity index (χ1n) is 6.38. The maximum Gasteiger partial charge on any atom is 0.0701 e. The summed E-state index contributed by atoms with van der Waals surface area (Å²) in [6.07, 6.45) is 0. The Morgan fingerprint density at radius 1 is 1.05 bits per heavy atom. The third kappa shape index (κ3) is 7.52. The molecule has 1 rings (SSSR count). The molecule has 0 heterocycles. The smallest absolute Gasteiger partial charge is 0.0701 e. The molecule has 0 spiro atoms. The average Bonchev–Trinajstić information content (AvgIpc) is 2.40. The van der Waals surface area contributed by atoms with Crippen LogP contribution in [0, 0.1) is 6.92 Å². The lowest BCUT2D eigenvalue weighted by atomic mass is 10.2. The fourth-order valence-electron chi connectivity index (χ4n) is 1.50. The zero-order valence-corrected chi connectivity index (χ0v) is 13.2. The van der Waals surface area contributed by atoms with E-state index in [1.807, 2.05) is 6.07 Å². The van der Waals surface area contributed by atoms with Crippen molar-refractivity contribution < 1.29 is 14.2 Å². The van der Waals surface area contributed by atoms with Crippen LogP contribution in [0.15, 0.2) is 22.7 Å². The van der Waals surface area contributed by atoms with Crippen LogP contribution in [0.5, 0.6) is 0 Å². The zero-order valence-electron chi connectivity index (χ0n) is 11.6. The van der Waals surface area contributed by atoms with Gasteiger partial charge in [-0.15, -0.1) is 0 Å². The molecule has 0 radical (unpaired) electrons. The lowest BCUT2D eigenvalue weighted by Gasteiger charge is -2.10. The van der Waals surface area contributed by atoms with Gasteiger partial charge < -0.3 is 19.5 Å². The van der Waals surface area contributed by atoms with Crippen molar-refractivity contribution in [2.24, 2.45) is 0 Å². The van der Waals surface area contributed by atoms with Gasteiger partial charge in [-0.1, -0.05) is 6.07 Å². The van der Waals surface area contributed by atoms with E-state index < -0.39 is 0 Å². The topological polar surface area (TPSA) is 39.7 Å². The van der Waals surface area contributed by atoms with Crippen molar-refractivity contribution >= 4 is 21.6 Å². The molecule has 0 saturated heterocycles. The normalized spacial score (nSPS) is 10.7. The molecule has 1 aromatic rings. The third-order valence-electron chi connectivity index (χ3n) is 2.49. The van der Waals surface area contributed by atoms with Gasteiger partial charge in [0.15, 0.2) is 0 Å². The van der Waals surface area contributed by atoms with Gasteiger partial charge in [0.1, 0.15) is 0 Å². The number of ether oxygens (including phenoxy) is 3. The van der Waals surface area contributed by atoms with E-state index in [1.165, 1.54) is 5.56 Å². The SMILES string of the molecule is COCCOCCOCCNc1cc(C)ccc1Br. The molecule has 19 heavy (non-hydrogen) atoms. The van der Waals surface area contributed by atoms with Crippen molar-refractivity contribution in [3.05, 3.63) is 28.2 Å². The number of benzene rings is 1. The Balaban J connectivity index is 2.03. The molecule has 0 aromatic heterocycles. The maximum absolute atomic E-state index is 5.46. The van der Waals surface area contributed by atoms with Crippen LogP contribution < -0.4 is 5.32 Å². The van der Waals surface area contributed by atoms with Crippen molar-refractivity contribution in [3.63, 3.8) is 0 Å². The molecule has 4 nitrogen and oxygen atoms in total. The van der Waals surface area contributed by atoms with E-state index in [-0.39, 0.29) is 0 Å². The van der Waals surface area contributed by atoms with E-state index in [4.69, 9.17) is 14.2 Å². The van der Waals surface area contributed by atoms with Crippen molar-refractivity contribution in [1.82, 2.24) is 0 Å². The minimum Gasteiger partial charge on any atom is -0.382 e. The molecule has 0 aliphatic carbocycles. The van der Waals surface area contributed by atoms with Crippen LogP contribution in [0.25, 0.3) is 0 Å². The molecule has 0 fully saturated rings. The maximum atomic E-state index is 5.46. The van der Waals surface area contributed by atoms with Gasteiger partial charge in [0, 0.05) is 23.8 Å². The average molecular weight is 332 g/mol. The summed E-state index contributed by atoms with van der Waals surface area (Å²) in [7, 11) is 1.66. The van der Waals surface area contributed by atoms with Crippen LogP contribution in [0.3, 0.4) is 0 Å². The zero-order chi connectivity index (χ0) is 13.9. The predicted octanol–water partition coefficient (Wildman–Crippen LogP) is 2.85. The predicted molar refractivity (Wildman–Crippen MR) is 80.9 cm³/mol. The molecule has 108 valence electrons. The summed E-state index contributed by atoms with van der Waals surface area (Å²) in [5.41, 5.74) is 2.33. The van der Waals surface area contributed by atoms with Gasteiger partial charge >= 0.3 is 0 Å². The van der Waals surface area contributed by atoms with Crippen LogP contribution in [0.1, 0.15) is 5.56 Å². The molecular weight excluding hydrogens is 310 g/mol. The largest absolute Gasteiger partial charge is 0.382 e. The molecule has 5 heteroatoms. The molecular formula is C14H22BrNO3. The van der Waals surface area contributed by atoms with Gasteiger partial charge in [0.2, 0.25) is 0 Å². The molecule has 0 saturated carbocycles. The van der Waals surface area contributed by atoms with E-state index in [1.54, 1.807) is 7.11 Å². The molecule has 0 bridgehead atoms. The summed E-state index contributed by atoms with van der Waals surface area (Å²) in [5, 5.41) is 3.33. The second kappa shape index (κ2) is 10.2.